The lowest BCUT2D eigenvalue weighted by molar-refractivity contribution is -0.137. The lowest BCUT2D eigenvalue weighted by Gasteiger charge is -2.25. The molecule has 3 rings (SSSR count). The molecular weight excluding hydrogens is 429 g/mol. The first-order chi connectivity index (χ1) is 14.5. The Balaban J connectivity index is 0.000000262. The van der Waals surface area contributed by atoms with Gasteiger partial charge in [0, 0.05) is 26.1 Å². The van der Waals surface area contributed by atoms with Crippen LogP contribution in [0.15, 0.2) is 59.5 Å². The van der Waals surface area contributed by atoms with Gasteiger partial charge < -0.3 is 0 Å². The van der Waals surface area contributed by atoms with Gasteiger partial charge in [-0.3, -0.25) is 9.45 Å². The molecule has 0 fully saturated rings. The van der Waals surface area contributed by atoms with Gasteiger partial charge in [0.2, 0.25) is 0 Å². The maximum atomic E-state index is 12.7. The third-order valence-electron chi connectivity index (χ3n) is 4.71. The number of hydrogen-bond acceptors (Lipinski definition) is 4. The van der Waals surface area contributed by atoms with Crippen LogP contribution < -0.4 is 0 Å². The van der Waals surface area contributed by atoms with Crippen molar-refractivity contribution < 1.29 is 26.1 Å². The van der Waals surface area contributed by atoms with Gasteiger partial charge in [-0.05, 0) is 48.7 Å². The van der Waals surface area contributed by atoms with Crippen molar-refractivity contribution >= 4 is 15.7 Å². The Kier molecular flexibility index (Phi) is 8.39. The number of rotatable bonds is 4. The van der Waals surface area contributed by atoms with Gasteiger partial charge in [-0.1, -0.05) is 35.9 Å². The van der Waals surface area contributed by atoms with E-state index in [9.17, 15) is 21.6 Å². The minimum Gasteiger partial charge on any atom is -0.298 e. The second kappa shape index (κ2) is 10.6. The average Bonchev–Trinajstić information content (AvgIpc) is 2.72. The van der Waals surface area contributed by atoms with E-state index in [1.807, 2.05) is 13.0 Å². The van der Waals surface area contributed by atoms with Crippen molar-refractivity contribution in [1.29, 1.82) is 5.26 Å². The number of nitriles is 1. The Hall–Kier alpha value is -2.67. The molecule has 31 heavy (non-hydrogen) atoms. The van der Waals surface area contributed by atoms with Gasteiger partial charge in [-0.2, -0.15) is 26.9 Å². The fraction of sp³-hybridized carbons (Fsp3) is 0.318. The second-order valence-electron chi connectivity index (χ2n) is 7.05. The van der Waals surface area contributed by atoms with Crippen molar-refractivity contribution in [2.45, 2.75) is 30.8 Å². The molecule has 1 N–H and O–H groups in total. The van der Waals surface area contributed by atoms with Crippen molar-refractivity contribution in [3.05, 3.63) is 71.3 Å². The topological polar surface area (TPSA) is 81.4 Å². The standard InChI is InChI=1S/C15H15F3N2.C7H8O3S/c16-15(17,18)14-4-1-3-13(11-14)12-5-9-20(10-6-12)8-2-7-19;1-6-2-4-7(5-3-6)11(8,9)10/h1,3-5,11H,2,6,8-10H2;2-5H,1H3,(H,8,9,10). The molecule has 0 atom stereocenters. The van der Waals surface area contributed by atoms with Crippen LogP contribution in [0.3, 0.4) is 0 Å². The first kappa shape index (κ1) is 24.6. The van der Waals surface area contributed by atoms with Crippen LogP contribution in [0.5, 0.6) is 0 Å². The van der Waals surface area contributed by atoms with Gasteiger partial charge in [0.25, 0.3) is 10.1 Å². The normalized spacial score (nSPS) is 14.8. The minimum atomic E-state index is -4.30. The Labute approximate surface area is 180 Å². The molecular formula is C22H23F3N2O3S. The molecule has 1 heterocycles. The molecule has 0 spiro atoms. The molecule has 5 nitrogen and oxygen atoms in total. The smallest absolute Gasteiger partial charge is 0.298 e. The van der Waals surface area contributed by atoms with Gasteiger partial charge in [0.15, 0.2) is 0 Å². The van der Waals surface area contributed by atoms with Crippen LogP contribution in [0, 0.1) is 18.3 Å². The molecule has 0 radical (unpaired) electrons. The van der Waals surface area contributed by atoms with Gasteiger partial charge >= 0.3 is 6.18 Å². The second-order valence-corrected chi connectivity index (χ2v) is 8.48. The summed E-state index contributed by atoms with van der Waals surface area (Å²) in [5.74, 6) is 0. The summed E-state index contributed by atoms with van der Waals surface area (Å²) in [5.41, 5.74) is 1.93. The third kappa shape index (κ3) is 7.83. The summed E-state index contributed by atoms with van der Waals surface area (Å²) in [4.78, 5) is 2.06. The zero-order valence-corrected chi connectivity index (χ0v) is 17.7. The number of alkyl halides is 3. The van der Waals surface area contributed by atoms with Crippen LogP contribution in [0.1, 0.15) is 29.5 Å². The van der Waals surface area contributed by atoms with E-state index in [1.54, 1.807) is 18.2 Å². The highest BCUT2D eigenvalue weighted by atomic mass is 32.2. The van der Waals surface area contributed by atoms with Gasteiger partial charge in [0.1, 0.15) is 0 Å². The third-order valence-corrected chi connectivity index (χ3v) is 5.58. The summed E-state index contributed by atoms with van der Waals surface area (Å²) in [7, 11) is -4.02. The molecule has 0 unspecified atom stereocenters. The molecule has 2 aromatic carbocycles. The Morgan fingerprint density at radius 2 is 1.84 bits per heavy atom. The number of hydrogen-bond donors (Lipinski definition) is 1. The van der Waals surface area contributed by atoms with Crippen LogP contribution in [0.4, 0.5) is 13.2 Å². The van der Waals surface area contributed by atoms with Gasteiger partial charge in [-0.25, -0.2) is 0 Å². The predicted octanol–water partition coefficient (Wildman–Crippen LogP) is 4.95. The highest BCUT2D eigenvalue weighted by molar-refractivity contribution is 7.85. The zero-order chi connectivity index (χ0) is 23.1. The van der Waals surface area contributed by atoms with E-state index >= 15 is 0 Å². The summed E-state index contributed by atoms with van der Waals surface area (Å²) < 4.78 is 67.6. The Morgan fingerprint density at radius 3 is 2.35 bits per heavy atom. The van der Waals surface area contributed by atoms with Crippen LogP contribution in [0.2, 0.25) is 0 Å². The summed E-state index contributed by atoms with van der Waals surface area (Å²) >= 11 is 0. The van der Waals surface area contributed by atoms with Crippen molar-refractivity contribution in [2.75, 3.05) is 19.6 Å². The molecule has 2 aromatic rings. The van der Waals surface area contributed by atoms with Crippen molar-refractivity contribution in [2.24, 2.45) is 0 Å². The highest BCUT2D eigenvalue weighted by Gasteiger charge is 2.30. The molecule has 0 saturated carbocycles. The average molecular weight is 452 g/mol. The number of benzene rings is 2. The largest absolute Gasteiger partial charge is 0.416 e. The lowest BCUT2D eigenvalue weighted by Crippen LogP contribution is -2.29. The Morgan fingerprint density at radius 1 is 1.16 bits per heavy atom. The van der Waals surface area contributed by atoms with Crippen molar-refractivity contribution in [1.82, 2.24) is 4.90 Å². The first-order valence-corrected chi connectivity index (χ1v) is 10.9. The van der Waals surface area contributed by atoms with E-state index in [0.29, 0.717) is 31.5 Å². The fourth-order valence-corrected chi connectivity index (χ4v) is 3.47. The minimum absolute atomic E-state index is 0.0666. The van der Waals surface area contributed by atoms with Crippen LogP contribution in [-0.4, -0.2) is 37.5 Å². The first-order valence-electron chi connectivity index (χ1n) is 9.51. The van der Waals surface area contributed by atoms with Crippen LogP contribution >= 0.6 is 0 Å². The van der Waals surface area contributed by atoms with Crippen LogP contribution in [-0.2, 0) is 16.3 Å². The number of aryl methyl sites for hydroxylation is 1. The van der Waals surface area contributed by atoms with E-state index in [4.69, 9.17) is 9.81 Å². The molecule has 0 amide bonds. The monoisotopic (exact) mass is 452 g/mol. The van der Waals surface area contributed by atoms with E-state index < -0.39 is 21.9 Å². The zero-order valence-electron chi connectivity index (χ0n) is 16.9. The molecule has 0 aliphatic carbocycles. The Bertz CT molecular complexity index is 1060. The molecule has 9 heteroatoms. The van der Waals surface area contributed by atoms with E-state index in [0.717, 1.165) is 23.7 Å². The fourth-order valence-electron chi connectivity index (χ4n) is 2.99. The summed E-state index contributed by atoms with van der Waals surface area (Å²) in [6, 6.07) is 13.5. The highest BCUT2D eigenvalue weighted by Crippen LogP contribution is 2.32. The molecule has 1 aliphatic heterocycles. The molecule has 0 saturated heterocycles. The maximum Gasteiger partial charge on any atom is 0.416 e. The number of nitrogens with zero attached hydrogens (tertiary/aromatic N) is 2. The number of halogens is 3. The lowest BCUT2D eigenvalue weighted by atomic mass is 9.97. The maximum absolute atomic E-state index is 12.7. The summed E-state index contributed by atoms with van der Waals surface area (Å²) in [5, 5.41) is 8.54. The van der Waals surface area contributed by atoms with Crippen molar-refractivity contribution in [3.8, 4) is 6.07 Å². The molecule has 1 aliphatic rings. The quantitative estimate of drug-likeness (QED) is 0.664. The molecule has 166 valence electrons. The van der Waals surface area contributed by atoms with E-state index in [-0.39, 0.29) is 4.90 Å². The molecule has 0 aromatic heterocycles. The van der Waals surface area contributed by atoms with Crippen molar-refractivity contribution in [3.63, 3.8) is 0 Å². The van der Waals surface area contributed by atoms with Gasteiger partial charge in [-0.15, -0.1) is 0 Å². The SMILES string of the molecule is Cc1ccc(S(=O)(=O)O)cc1.N#CCCN1CC=C(c2cccc(C(F)(F)F)c2)CC1. The summed E-state index contributed by atoms with van der Waals surface area (Å²) in [6.07, 6.45) is -1.15. The summed E-state index contributed by atoms with van der Waals surface area (Å²) in [6.45, 7) is 4.02. The molecule has 0 bridgehead atoms. The van der Waals surface area contributed by atoms with Gasteiger partial charge in [0.05, 0.1) is 16.5 Å². The van der Waals surface area contributed by atoms with E-state index in [1.165, 1.54) is 24.3 Å². The predicted molar refractivity (Wildman–Crippen MR) is 112 cm³/mol. The van der Waals surface area contributed by atoms with Crippen LogP contribution in [0.25, 0.3) is 5.57 Å². The van der Waals surface area contributed by atoms with E-state index in [2.05, 4.69) is 11.0 Å².